The molecule has 0 heterocycles. The van der Waals surface area contributed by atoms with Crippen molar-refractivity contribution < 1.29 is 30.0 Å². The molecule has 0 radical (unpaired) electrons. The van der Waals surface area contributed by atoms with Gasteiger partial charge in [-0.05, 0) is 356 Å². The summed E-state index contributed by atoms with van der Waals surface area (Å²) in [5.74, 6) is -3.25. The molecule has 6 nitrogen and oxygen atoms in total. The fraction of sp³-hybridized carbons (Fsp3) is 0. The maximum absolute atomic E-state index is 10.7. The number of carboxylic acids is 2. The third-order valence-corrected chi connectivity index (χ3v) is 26.0. The third-order valence-electron chi connectivity index (χ3n) is 8.86. The molecule has 8 aromatic carbocycles. The summed E-state index contributed by atoms with van der Waals surface area (Å²) >= 11 is 29.6. The van der Waals surface area contributed by atoms with Gasteiger partial charge in [0.05, 0.1) is 39.7 Å². The monoisotopic (exact) mass is 2310 g/mol. The van der Waals surface area contributed by atoms with Crippen LogP contribution in [0.1, 0.15) is 20.7 Å². The first-order valence-electron chi connectivity index (χ1n) is 19.4. The molecule has 0 aliphatic heterocycles. The summed E-state index contributed by atoms with van der Waals surface area (Å²) in [6.07, 6.45) is 0. The van der Waals surface area contributed by atoms with Gasteiger partial charge >= 0.3 is 11.9 Å². The second-order valence-corrected chi connectivity index (χ2v) is 31.7. The molecule has 0 aromatic heterocycles. The number of halogens is 12. The second-order valence-electron chi connectivity index (χ2n) is 13.6. The van der Waals surface area contributed by atoms with Crippen LogP contribution < -0.4 is 10.2 Å². The van der Waals surface area contributed by atoms with Gasteiger partial charge in [-0.2, -0.15) is 0 Å². The first kappa shape index (κ1) is 62.6. The zero-order valence-electron chi connectivity index (χ0n) is 34.9. The maximum Gasteiger partial charge on any atom is 0.335 e. The Bertz CT molecular complexity index is 2730. The molecule has 8 aromatic rings. The SMILES string of the molecule is Ic1cc(I)c([S+](c2ccccc2)c2c(I)cc(I)cc2I)c(I)c1.Ic1cc(I)c([S+](c2ccccc2)c2c(I)cc(I)cc2I)c(I)c1.O=C(O)c1ccccc1[O-].O=C(O)c1ccccc1[O-]. The standard InChI is InChI=1S/2C18H9I6S.2C7H6O3/c2*19-10-6-13(21)17(14(22)7-10)25(12-4-2-1-3-5-12)18-15(23)8-11(20)9-16(18)24;2*8-6-4-2-1-3-5(6)7(9)10/h2*1-9H;2*1-4,8H,(H,9,10)/q2*+1;;/p-2. The number of hydrogen-bond acceptors (Lipinski definition) is 4. The van der Waals surface area contributed by atoms with E-state index in [0.29, 0.717) is 0 Å². The van der Waals surface area contributed by atoms with E-state index in [4.69, 9.17) is 10.2 Å². The number of carbonyl (C=O) groups is 2. The summed E-state index contributed by atoms with van der Waals surface area (Å²) in [5.41, 5.74) is -0.356. The number of rotatable bonds is 8. The highest BCUT2D eigenvalue weighted by Gasteiger charge is 2.38. The van der Waals surface area contributed by atoms with E-state index >= 15 is 0 Å². The van der Waals surface area contributed by atoms with Gasteiger partial charge in [0.15, 0.2) is 29.4 Å². The lowest BCUT2D eigenvalue weighted by Crippen LogP contribution is -2.12. The number of para-hydroxylation sites is 2. The van der Waals surface area contributed by atoms with Crippen molar-refractivity contribution in [2.45, 2.75) is 29.4 Å². The summed E-state index contributed by atoms with van der Waals surface area (Å²) in [6.45, 7) is 0. The largest absolute Gasteiger partial charge is 0.872 e. The molecule has 2 N–H and O–H groups in total. The smallest absolute Gasteiger partial charge is 0.335 e. The van der Waals surface area contributed by atoms with E-state index in [0.717, 1.165) is 0 Å². The summed E-state index contributed by atoms with van der Waals surface area (Å²) < 4.78 is 15.9. The number of carboxylic acid groups (broad SMARTS) is 2. The zero-order chi connectivity index (χ0) is 51.4. The summed E-state index contributed by atoms with van der Waals surface area (Å²) in [5, 5.41) is 38.1. The Morgan fingerprint density at radius 1 is 0.329 bits per heavy atom. The van der Waals surface area contributed by atoms with Crippen LogP contribution in [0.15, 0.2) is 187 Å². The molecule has 0 amide bonds. The highest BCUT2D eigenvalue weighted by atomic mass is 127. The van der Waals surface area contributed by atoms with Gasteiger partial charge in [-0.15, -0.1) is 0 Å². The molecule has 0 unspecified atom stereocenters. The number of hydrogen-bond donors (Lipinski definition) is 2. The molecule has 0 aliphatic rings. The van der Waals surface area contributed by atoms with Crippen LogP contribution in [0, 0.1) is 42.8 Å². The average Bonchev–Trinajstić information content (AvgIpc) is 3.28. The van der Waals surface area contributed by atoms with Crippen molar-refractivity contribution in [1.29, 1.82) is 0 Å². The molecular weight excluding hydrogens is 2280 g/mol. The van der Waals surface area contributed by atoms with Crippen LogP contribution in [0.25, 0.3) is 0 Å². The van der Waals surface area contributed by atoms with Gasteiger partial charge in [0, 0.05) is 14.3 Å². The molecule has 0 spiro atoms. The molecule has 0 bridgehead atoms. The zero-order valence-corrected chi connectivity index (χ0v) is 62.4. The average molecular weight is 2310 g/mol. The summed E-state index contributed by atoms with van der Waals surface area (Å²) in [6, 6.07) is 51.2. The first-order valence-corrected chi connectivity index (χ1v) is 34.7. The van der Waals surface area contributed by atoms with Gasteiger partial charge in [-0.25, -0.2) is 9.59 Å². The van der Waals surface area contributed by atoms with Crippen molar-refractivity contribution in [1.82, 2.24) is 0 Å². The highest BCUT2D eigenvalue weighted by Crippen LogP contribution is 2.43. The number of aromatic carboxylic acids is 2. The Balaban J connectivity index is 0.000000189. The summed E-state index contributed by atoms with van der Waals surface area (Å²) in [4.78, 5) is 28.9. The predicted octanol–water partition coefficient (Wildman–Crippen LogP) is 17.7. The maximum atomic E-state index is 10.7. The van der Waals surface area contributed by atoms with Crippen molar-refractivity contribution >= 4 is 305 Å². The Morgan fingerprint density at radius 3 is 0.714 bits per heavy atom. The molecule has 70 heavy (non-hydrogen) atoms. The lowest BCUT2D eigenvalue weighted by atomic mass is 10.2. The van der Waals surface area contributed by atoms with Crippen LogP contribution in [0.3, 0.4) is 0 Å². The van der Waals surface area contributed by atoms with E-state index in [1.54, 1.807) is 0 Å². The minimum atomic E-state index is -1.18. The Morgan fingerprint density at radius 2 is 0.529 bits per heavy atom. The van der Waals surface area contributed by atoms with E-state index in [1.807, 2.05) is 0 Å². The molecule has 0 saturated heterocycles. The minimum absolute atomic E-state index is 0.114. The van der Waals surface area contributed by atoms with Crippen molar-refractivity contribution in [3.63, 3.8) is 0 Å². The Kier molecular flexibility index (Phi) is 27.5. The van der Waals surface area contributed by atoms with Gasteiger partial charge in [0.1, 0.15) is 21.8 Å². The molecule has 8 rings (SSSR count). The van der Waals surface area contributed by atoms with Crippen molar-refractivity contribution in [2.75, 3.05) is 0 Å². The van der Waals surface area contributed by atoms with E-state index in [1.165, 1.54) is 121 Å². The third kappa shape index (κ3) is 17.9. The fourth-order valence-corrected chi connectivity index (χ4v) is 29.8. The molecular formula is C50H28I12O6S2. The second kappa shape index (κ2) is 30.8. The van der Waals surface area contributed by atoms with E-state index in [-0.39, 0.29) is 32.9 Å². The van der Waals surface area contributed by atoms with Crippen molar-refractivity contribution in [3.8, 4) is 11.5 Å². The summed E-state index contributed by atoms with van der Waals surface area (Å²) in [7, 11) is -0.228. The van der Waals surface area contributed by atoms with Crippen LogP contribution in [0.4, 0.5) is 0 Å². The van der Waals surface area contributed by atoms with Crippen LogP contribution in [-0.4, -0.2) is 22.2 Å². The molecule has 0 aliphatic carbocycles. The molecule has 20 heteroatoms. The van der Waals surface area contributed by atoms with Gasteiger partial charge in [-0.3, -0.25) is 0 Å². The van der Waals surface area contributed by atoms with Gasteiger partial charge in [-0.1, -0.05) is 84.3 Å². The number of benzene rings is 8. The lowest BCUT2D eigenvalue weighted by Gasteiger charge is -2.14. The highest BCUT2D eigenvalue weighted by molar-refractivity contribution is 14.1. The normalized spacial score (nSPS) is 10.6. The molecule has 360 valence electrons. The Hall–Kier alpha value is 1.76. The van der Waals surface area contributed by atoms with Crippen molar-refractivity contribution in [2.24, 2.45) is 0 Å². The molecule has 0 saturated carbocycles. The van der Waals surface area contributed by atoms with E-state index < -0.39 is 23.4 Å². The van der Waals surface area contributed by atoms with Crippen molar-refractivity contribution in [3.05, 3.63) is 212 Å². The minimum Gasteiger partial charge on any atom is -0.872 e. The quantitative estimate of drug-likeness (QED) is 0.115. The van der Waals surface area contributed by atoms with Gasteiger partial charge in [0.25, 0.3) is 0 Å². The fourth-order valence-electron chi connectivity index (χ4n) is 5.97. The van der Waals surface area contributed by atoms with Gasteiger partial charge in [0.2, 0.25) is 0 Å². The molecule has 0 atom stereocenters. The van der Waals surface area contributed by atoms with Crippen LogP contribution in [-0.2, 0) is 21.8 Å². The molecule has 0 fully saturated rings. The lowest BCUT2D eigenvalue weighted by molar-refractivity contribution is -0.269. The Labute approximate surface area is 575 Å². The van der Waals surface area contributed by atoms with Crippen LogP contribution in [0.5, 0.6) is 11.5 Å². The predicted molar refractivity (Wildman–Crippen MR) is 381 cm³/mol. The first-order chi connectivity index (χ1) is 33.2. The van der Waals surface area contributed by atoms with Crippen LogP contribution in [0.2, 0.25) is 0 Å². The van der Waals surface area contributed by atoms with E-state index in [9.17, 15) is 19.8 Å². The van der Waals surface area contributed by atoms with Crippen LogP contribution >= 0.6 is 271 Å². The topological polar surface area (TPSA) is 121 Å². The van der Waals surface area contributed by atoms with E-state index in [2.05, 4.69) is 380 Å². The van der Waals surface area contributed by atoms with Gasteiger partial charge < -0.3 is 20.4 Å².